The molecule has 0 saturated carbocycles. The minimum Gasteiger partial charge on any atom is -0.283 e. The molecule has 0 spiro atoms. The number of rotatable bonds is 4. The monoisotopic (exact) mass is 392 g/mol. The molecule has 8 heteroatoms. The summed E-state index contributed by atoms with van der Waals surface area (Å²) >= 11 is 1.78. The van der Waals surface area contributed by atoms with E-state index >= 15 is 0 Å². The number of hydrogen-bond donors (Lipinski definition) is 0. The van der Waals surface area contributed by atoms with Crippen LogP contribution in [0.15, 0.2) is 59.4 Å². The van der Waals surface area contributed by atoms with Crippen molar-refractivity contribution in [2.24, 2.45) is 0 Å². The highest BCUT2D eigenvalue weighted by atomic mass is 32.1. The first-order chi connectivity index (χ1) is 13.8. The van der Waals surface area contributed by atoms with E-state index in [4.69, 9.17) is 4.98 Å². The van der Waals surface area contributed by atoms with E-state index in [1.807, 2.05) is 36.4 Å². The Balaban J connectivity index is 1.33. The zero-order valence-corrected chi connectivity index (χ0v) is 16.1. The molecule has 0 aliphatic carbocycles. The maximum atomic E-state index is 12.7. The Kier molecular flexibility index (Phi) is 4.50. The average Bonchev–Trinajstić information content (AvgIpc) is 3.33. The van der Waals surface area contributed by atoms with Crippen LogP contribution in [-0.2, 0) is 6.67 Å². The lowest BCUT2D eigenvalue weighted by Gasteiger charge is -2.30. The van der Waals surface area contributed by atoms with Gasteiger partial charge in [0.25, 0.3) is 0 Å². The second kappa shape index (κ2) is 7.29. The van der Waals surface area contributed by atoms with Crippen molar-refractivity contribution in [1.29, 1.82) is 0 Å². The van der Waals surface area contributed by atoms with Crippen LogP contribution in [-0.4, -0.2) is 42.8 Å². The van der Waals surface area contributed by atoms with Crippen molar-refractivity contribution >= 4 is 21.6 Å². The third-order valence-corrected chi connectivity index (χ3v) is 6.34. The van der Waals surface area contributed by atoms with E-state index in [9.17, 15) is 4.79 Å². The maximum absolute atomic E-state index is 12.7. The lowest BCUT2D eigenvalue weighted by atomic mass is 9.99. The largest absolute Gasteiger partial charge is 0.369 e. The normalized spacial score (nSPS) is 17.9. The molecule has 4 aromatic rings. The van der Waals surface area contributed by atoms with Crippen molar-refractivity contribution in [3.8, 4) is 5.69 Å². The van der Waals surface area contributed by atoms with Crippen LogP contribution in [0.1, 0.15) is 23.8 Å². The van der Waals surface area contributed by atoms with Gasteiger partial charge in [-0.1, -0.05) is 30.3 Å². The molecular weight excluding hydrogens is 372 g/mol. The second-order valence-electron chi connectivity index (χ2n) is 7.09. The average molecular weight is 392 g/mol. The number of fused-ring (bicyclic) bond motifs is 1. The van der Waals surface area contributed by atoms with Crippen LogP contribution in [0.5, 0.6) is 0 Å². The summed E-state index contributed by atoms with van der Waals surface area (Å²) in [4.78, 5) is 19.8. The van der Waals surface area contributed by atoms with Crippen LogP contribution < -0.4 is 5.69 Å². The van der Waals surface area contributed by atoms with Crippen LogP contribution >= 0.6 is 11.3 Å². The summed E-state index contributed by atoms with van der Waals surface area (Å²) in [6.45, 7) is 2.28. The minimum absolute atomic E-state index is 0.215. The quantitative estimate of drug-likeness (QED) is 0.534. The summed E-state index contributed by atoms with van der Waals surface area (Å²) in [7, 11) is 0. The summed E-state index contributed by atoms with van der Waals surface area (Å²) in [6, 6.07) is 17.7. The molecular formula is C20H20N6OS. The zero-order valence-electron chi connectivity index (χ0n) is 15.3. The smallest absolute Gasteiger partial charge is 0.283 e. The van der Waals surface area contributed by atoms with Crippen LogP contribution in [0, 0.1) is 0 Å². The fourth-order valence-corrected chi connectivity index (χ4v) is 4.83. The highest BCUT2D eigenvalue weighted by molar-refractivity contribution is 7.18. The second-order valence-corrected chi connectivity index (χ2v) is 8.15. The molecule has 1 aliphatic rings. The van der Waals surface area contributed by atoms with Gasteiger partial charge in [-0.3, -0.25) is 4.90 Å². The molecule has 0 radical (unpaired) electrons. The van der Waals surface area contributed by atoms with E-state index in [1.165, 1.54) is 19.1 Å². The van der Waals surface area contributed by atoms with E-state index < -0.39 is 0 Å². The van der Waals surface area contributed by atoms with Gasteiger partial charge in [-0.25, -0.2) is 9.78 Å². The number of tetrazole rings is 1. The van der Waals surface area contributed by atoms with Gasteiger partial charge < -0.3 is 0 Å². The number of nitrogens with zero attached hydrogens (tertiary/aromatic N) is 6. The molecule has 0 N–H and O–H groups in total. The highest BCUT2D eigenvalue weighted by Gasteiger charge is 2.25. The van der Waals surface area contributed by atoms with Gasteiger partial charge in [-0.05, 0) is 54.1 Å². The van der Waals surface area contributed by atoms with Gasteiger partial charge in [-0.2, -0.15) is 9.36 Å². The molecule has 1 aliphatic heterocycles. The Hall–Kier alpha value is -2.84. The number of aromatic nitrogens is 5. The Labute approximate surface area is 165 Å². The molecule has 5 rings (SSSR count). The Morgan fingerprint density at radius 1 is 1.04 bits per heavy atom. The molecule has 1 atom stereocenters. The van der Waals surface area contributed by atoms with Crippen molar-refractivity contribution in [1.82, 2.24) is 29.7 Å². The first kappa shape index (κ1) is 17.3. The molecule has 2 aromatic heterocycles. The van der Waals surface area contributed by atoms with E-state index in [2.05, 4.69) is 33.5 Å². The van der Waals surface area contributed by atoms with Crippen molar-refractivity contribution in [3.05, 3.63) is 70.1 Å². The third kappa shape index (κ3) is 3.25. The van der Waals surface area contributed by atoms with Crippen LogP contribution in [0.2, 0.25) is 0 Å². The van der Waals surface area contributed by atoms with Gasteiger partial charge in [0.05, 0.1) is 20.9 Å². The molecule has 0 unspecified atom stereocenters. The zero-order chi connectivity index (χ0) is 18.9. The SMILES string of the molecule is O=c1n(CN2CCC[C@@H](c3nc4ccccc4s3)C2)nnn1-c1ccccc1. The fourth-order valence-electron chi connectivity index (χ4n) is 3.73. The first-order valence-electron chi connectivity index (χ1n) is 9.44. The van der Waals surface area contributed by atoms with Crippen molar-refractivity contribution < 1.29 is 0 Å². The molecule has 3 heterocycles. The molecule has 142 valence electrons. The van der Waals surface area contributed by atoms with Gasteiger partial charge in [0.2, 0.25) is 0 Å². The van der Waals surface area contributed by atoms with E-state index in [0.29, 0.717) is 12.6 Å². The molecule has 2 aromatic carbocycles. The highest BCUT2D eigenvalue weighted by Crippen LogP contribution is 2.32. The first-order valence-corrected chi connectivity index (χ1v) is 10.3. The Morgan fingerprint density at radius 3 is 2.71 bits per heavy atom. The van der Waals surface area contributed by atoms with E-state index in [1.54, 1.807) is 11.3 Å². The van der Waals surface area contributed by atoms with Gasteiger partial charge in [0.1, 0.15) is 6.67 Å². The predicted octanol–water partition coefficient (Wildman–Crippen LogP) is 2.88. The molecule has 1 saturated heterocycles. The number of para-hydroxylation sites is 2. The number of likely N-dealkylation sites (tertiary alicyclic amines) is 1. The fraction of sp³-hybridized carbons (Fsp3) is 0.300. The van der Waals surface area contributed by atoms with Gasteiger partial charge in [0.15, 0.2) is 0 Å². The summed E-state index contributed by atoms with van der Waals surface area (Å²) in [6.07, 6.45) is 2.21. The van der Waals surface area contributed by atoms with Gasteiger partial charge in [0, 0.05) is 12.5 Å². The lowest BCUT2D eigenvalue weighted by molar-refractivity contribution is 0.154. The standard InChI is InChI=1S/C20H20N6OS/c27-20-25(22-23-26(20)16-8-2-1-3-9-16)14-24-12-6-7-15(13-24)19-21-17-10-4-5-11-18(17)28-19/h1-5,8-11,15H,6-7,12-14H2/t15-/m1/s1. The van der Waals surface area contributed by atoms with E-state index in [0.717, 1.165) is 37.1 Å². The number of piperidine rings is 1. The van der Waals surface area contributed by atoms with Crippen molar-refractivity contribution in [2.75, 3.05) is 13.1 Å². The summed E-state index contributed by atoms with van der Waals surface area (Å²) in [5.74, 6) is 0.394. The van der Waals surface area contributed by atoms with Gasteiger partial charge >= 0.3 is 5.69 Å². The molecule has 0 bridgehead atoms. The topological polar surface area (TPSA) is 68.8 Å². The van der Waals surface area contributed by atoms with Crippen LogP contribution in [0.25, 0.3) is 15.9 Å². The Bertz CT molecular complexity index is 1120. The van der Waals surface area contributed by atoms with Crippen molar-refractivity contribution in [3.63, 3.8) is 0 Å². The molecule has 28 heavy (non-hydrogen) atoms. The minimum atomic E-state index is -0.215. The summed E-state index contributed by atoms with van der Waals surface area (Å²) < 4.78 is 4.01. The summed E-state index contributed by atoms with van der Waals surface area (Å²) in [5, 5.41) is 9.31. The summed E-state index contributed by atoms with van der Waals surface area (Å²) in [5.41, 5.74) is 1.58. The number of thiazole rings is 1. The Morgan fingerprint density at radius 2 is 1.86 bits per heavy atom. The lowest BCUT2D eigenvalue weighted by Crippen LogP contribution is -2.39. The molecule has 1 fully saturated rings. The van der Waals surface area contributed by atoms with Gasteiger partial charge in [-0.15, -0.1) is 11.3 Å². The predicted molar refractivity (Wildman–Crippen MR) is 109 cm³/mol. The van der Waals surface area contributed by atoms with Crippen LogP contribution in [0.3, 0.4) is 0 Å². The number of benzene rings is 2. The van der Waals surface area contributed by atoms with Crippen LogP contribution in [0.4, 0.5) is 0 Å². The number of hydrogen-bond acceptors (Lipinski definition) is 6. The maximum Gasteiger partial charge on any atom is 0.369 e. The molecule has 0 amide bonds. The third-order valence-electron chi connectivity index (χ3n) is 5.14. The van der Waals surface area contributed by atoms with E-state index in [-0.39, 0.29) is 5.69 Å². The molecule has 7 nitrogen and oxygen atoms in total. The van der Waals surface area contributed by atoms with Crippen molar-refractivity contribution in [2.45, 2.75) is 25.4 Å².